The van der Waals surface area contributed by atoms with Crippen molar-refractivity contribution >= 4 is 117 Å². The van der Waals surface area contributed by atoms with E-state index in [2.05, 4.69) is 386 Å². The first-order valence-electron chi connectivity index (χ1n) is 40.8. The normalized spacial score (nSPS) is 13.7. The van der Waals surface area contributed by atoms with E-state index in [-0.39, 0.29) is 52.5 Å². The molecule has 19 rings (SSSR count). The molecule has 0 saturated carbocycles. The second-order valence-corrected chi connectivity index (χ2v) is 34.6. The SMILES string of the molecule is [2H]c1c([2H])c([2H])c2c(c1[2H])c1cc(-n3c4ccccc4c4ccccc43)ccc1n2-c1ccc2c(c1)N(c1cccc(-c3ccccc3)c1)c1cc(C(C)(C)C)cc3c1B2c1ccc(Cn2c4ccc(C(C)(C)C)cc4c4cc(C(C)(C)C)ccc42)cc1N3CCc1c(-c2ccccc2)cc(C(C)(C)C)cc1-c1ccccc1. The Labute approximate surface area is 647 Å². The van der Waals surface area contributed by atoms with Crippen LogP contribution in [0.4, 0.5) is 28.4 Å². The third-order valence-corrected chi connectivity index (χ3v) is 23.6. The van der Waals surface area contributed by atoms with Crippen LogP contribution in [0.2, 0.25) is 0 Å². The molecule has 0 spiro atoms. The molecule has 0 saturated heterocycles. The van der Waals surface area contributed by atoms with Crippen LogP contribution in [-0.4, -0.2) is 27.0 Å². The van der Waals surface area contributed by atoms with Crippen LogP contribution in [0.3, 0.4) is 0 Å². The lowest BCUT2D eigenvalue weighted by molar-refractivity contribution is 0.590. The molecule has 0 amide bonds. The quantitative estimate of drug-likeness (QED) is 0.120. The molecule has 109 heavy (non-hydrogen) atoms. The highest BCUT2D eigenvalue weighted by molar-refractivity contribution is 7.00. The fourth-order valence-electron chi connectivity index (χ4n) is 17.8. The number of nitrogens with zero attached hydrogens (tertiary/aromatic N) is 5. The summed E-state index contributed by atoms with van der Waals surface area (Å²) >= 11 is 0. The van der Waals surface area contributed by atoms with Gasteiger partial charge in [-0.1, -0.05) is 283 Å². The predicted molar refractivity (Wildman–Crippen MR) is 468 cm³/mol. The molecule has 5 nitrogen and oxygen atoms in total. The van der Waals surface area contributed by atoms with Crippen LogP contribution < -0.4 is 26.2 Å². The van der Waals surface area contributed by atoms with Crippen LogP contribution in [0.1, 0.15) is 122 Å². The lowest BCUT2D eigenvalue weighted by Crippen LogP contribution is -2.62. The summed E-state index contributed by atoms with van der Waals surface area (Å²) in [4.78, 5) is 5.22. The Kier molecular flexibility index (Phi) is 14.7. The molecule has 5 heterocycles. The molecule has 6 heteroatoms. The molecule has 0 N–H and O–H groups in total. The van der Waals surface area contributed by atoms with E-state index in [1.54, 1.807) is 0 Å². The Balaban J connectivity index is 0.873. The van der Waals surface area contributed by atoms with Crippen molar-refractivity contribution in [2.24, 2.45) is 0 Å². The van der Waals surface area contributed by atoms with E-state index in [4.69, 9.17) is 0 Å². The van der Waals surface area contributed by atoms with Crippen LogP contribution >= 0.6 is 0 Å². The third kappa shape index (κ3) is 11.4. The maximum atomic E-state index is 10.0. The standard InChI is InChI=1S/C103H92BN5/c1-100(2,3)71-44-50-89-84(57-71)85-58-72(101(4,5)6)45-51-90(85)106(89)65-66-43-48-87-95(55-66)105(54-53-78-82(68-31-18-14-19-32-68)59-73(102(7,8)9)60-83(78)69-33-20-15-21-34-69)97-61-74(103(10,11)12)62-98-99(97)104(87)88-49-46-77(64-96(88)109(98)75-36-28-35-70(56-75)67-29-16-13-17-30-67)108-93-42-27-24-39-81(93)86-63-76(47-52-94(86)108)107-91-40-25-22-37-79(91)80-38-23-26-41-92(80)107/h13-52,55-64H,53-54,65H2,1-12H3/i24D,27D,39D,42D. The van der Waals surface area contributed by atoms with Crippen LogP contribution in [0.5, 0.6) is 0 Å². The summed E-state index contributed by atoms with van der Waals surface area (Å²) in [6.07, 6.45) is 0.724. The average molecular weight is 1410 g/mol. The smallest absolute Gasteiger partial charge is 0.252 e. The number of fused-ring (bicyclic) bond motifs is 13. The summed E-state index contributed by atoms with van der Waals surface area (Å²) in [6, 6.07) is 103. The topological polar surface area (TPSA) is 21.3 Å². The van der Waals surface area contributed by atoms with E-state index >= 15 is 0 Å². The first-order valence-corrected chi connectivity index (χ1v) is 38.8. The number of hydrogen-bond donors (Lipinski definition) is 0. The number of hydrogen-bond acceptors (Lipinski definition) is 2. The number of anilines is 5. The molecule has 3 aromatic heterocycles. The van der Waals surface area contributed by atoms with Crippen molar-refractivity contribution in [1.29, 1.82) is 0 Å². The predicted octanol–water partition coefficient (Wildman–Crippen LogP) is 25.2. The Morgan fingerprint density at radius 3 is 1.42 bits per heavy atom. The van der Waals surface area contributed by atoms with Crippen molar-refractivity contribution in [3.63, 3.8) is 0 Å². The van der Waals surface area contributed by atoms with E-state index < -0.39 is 0 Å². The molecule has 14 aromatic carbocycles. The molecule has 0 fully saturated rings. The molecule has 2 aliphatic heterocycles. The summed E-state index contributed by atoms with van der Waals surface area (Å²) in [5, 5.41) is 6.04. The molecule has 0 radical (unpaired) electrons. The molecular weight excluding hydrogens is 1320 g/mol. The Morgan fingerprint density at radius 1 is 0.321 bits per heavy atom. The molecule has 0 bridgehead atoms. The third-order valence-electron chi connectivity index (χ3n) is 23.6. The maximum Gasteiger partial charge on any atom is 0.252 e. The molecule has 17 aromatic rings. The second kappa shape index (κ2) is 25.4. The summed E-state index contributed by atoms with van der Waals surface area (Å²) in [7, 11) is 0. The first-order chi connectivity index (χ1) is 54.2. The van der Waals surface area contributed by atoms with E-state index in [0.717, 1.165) is 84.2 Å². The van der Waals surface area contributed by atoms with Crippen LogP contribution in [-0.2, 0) is 34.6 Å². The molecule has 0 atom stereocenters. The van der Waals surface area contributed by atoms with Gasteiger partial charge in [-0.15, -0.1) is 0 Å². The van der Waals surface area contributed by atoms with Crippen LogP contribution in [0.15, 0.2) is 303 Å². The molecule has 532 valence electrons. The van der Waals surface area contributed by atoms with Crippen LogP contribution in [0, 0.1) is 0 Å². The zero-order valence-corrected chi connectivity index (χ0v) is 64.5. The van der Waals surface area contributed by atoms with Gasteiger partial charge in [-0.25, -0.2) is 0 Å². The zero-order valence-electron chi connectivity index (χ0n) is 68.5. The highest BCUT2D eigenvalue weighted by atomic mass is 15.2. The second-order valence-electron chi connectivity index (χ2n) is 34.6. The van der Waals surface area contributed by atoms with Crippen molar-refractivity contribution in [2.45, 2.75) is 118 Å². The lowest BCUT2D eigenvalue weighted by Gasteiger charge is -2.45. The monoisotopic (exact) mass is 1410 g/mol. The summed E-state index contributed by atoms with van der Waals surface area (Å²) in [5.74, 6) is 0. The Morgan fingerprint density at radius 2 is 0.807 bits per heavy atom. The van der Waals surface area contributed by atoms with E-state index in [1.165, 1.54) is 99.7 Å². The van der Waals surface area contributed by atoms with Crippen LogP contribution in [0.25, 0.3) is 110 Å². The number of aromatic nitrogens is 3. The van der Waals surface area contributed by atoms with Gasteiger partial charge in [0.1, 0.15) is 0 Å². The van der Waals surface area contributed by atoms with Crippen molar-refractivity contribution in [3.05, 3.63) is 337 Å². The van der Waals surface area contributed by atoms with Gasteiger partial charge >= 0.3 is 0 Å². The molecule has 0 aliphatic carbocycles. The van der Waals surface area contributed by atoms with E-state index in [1.807, 2.05) is 0 Å². The summed E-state index contributed by atoms with van der Waals surface area (Å²) in [6.45, 7) is 29.0. The van der Waals surface area contributed by atoms with Gasteiger partial charge in [-0.05, 0) is 214 Å². The van der Waals surface area contributed by atoms with Crippen molar-refractivity contribution in [2.75, 3.05) is 16.3 Å². The van der Waals surface area contributed by atoms with Gasteiger partial charge in [0, 0.05) is 96.3 Å². The molecular formula is C103H92BN5. The van der Waals surface area contributed by atoms with Gasteiger partial charge in [0.2, 0.25) is 0 Å². The van der Waals surface area contributed by atoms with E-state index in [0.29, 0.717) is 24.0 Å². The Bertz CT molecular complexity index is 6570. The highest BCUT2D eigenvalue weighted by Crippen LogP contribution is 2.49. The van der Waals surface area contributed by atoms with Gasteiger partial charge in [0.05, 0.1) is 27.5 Å². The van der Waals surface area contributed by atoms with Gasteiger partial charge in [0.25, 0.3) is 6.71 Å². The minimum Gasteiger partial charge on any atom is -0.342 e. The van der Waals surface area contributed by atoms with Crippen molar-refractivity contribution in [3.8, 4) is 44.8 Å². The Hall–Kier alpha value is -11.9. The number of benzene rings is 14. The van der Waals surface area contributed by atoms with Gasteiger partial charge in [0.15, 0.2) is 0 Å². The fourth-order valence-corrected chi connectivity index (χ4v) is 17.8. The summed E-state index contributed by atoms with van der Waals surface area (Å²) in [5.41, 5.74) is 30.6. The average Bonchev–Trinajstić information content (AvgIpc) is 0.981. The molecule has 0 unspecified atom stereocenters. The lowest BCUT2D eigenvalue weighted by atomic mass is 9.33. The van der Waals surface area contributed by atoms with Gasteiger partial charge < -0.3 is 23.5 Å². The number of para-hydroxylation sites is 3. The summed E-state index contributed by atoms with van der Waals surface area (Å²) < 4.78 is 45.6. The van der Waals surface area contributed by atoms with Gasteiger partial charge in [-0.2, -0.15) is 0 Å². The number of rotatable bonds is 11. The van der Waals surface area contributed by atoms with Crippen molar-refractivity contribution in [1.82, 2.24) is 13.7 Å². The zero-order chi connectivity index (χ0) is 78.1. The first kappa shape index (κ1) is 63.3. The minimum atomic E-state index is -0.321. The van der Waals surface area contributed by atoms with E-state index in [9.17, 15) is 5.48 Å². The fraction of sp³-hybridized carbons (Fsp3) is 0.184. The van der Waals surface area contributed by atoms with Crippen molar-refractivity contribution < 1.29 is 5.48 Å². The highest BCUT2D eigenvalue weighted by Gasteiger charge is 2.45. The molecule has 2 aliphatic rings. The van der Waals surface area contributed by atoms with Gasteiger partial charge in [-0.3, -0.25) is 0 Å². The maximum absolute atomic E-state index is 10.0. The largest absolute Gasteiger partial charge is 0.342 e. The minimum absolute atomic E-state index is 0.0431.